The van der Waals surface area contributed by atoms with Crippen LogP contribution in [-0.2, 0) is 5.41 Å². The van der Waals surface area contributed by atoms with Gasteiger partial charge in [-0.15, -0.1) is 0 Å². The van der Waals surface area contributed by atoms with Crippen molar-refractivity contribution < 1.29 is 10.6 Å². The van der Waals surface area contributed by atoms with E-state index in [1.54, 1.807) is 0 Å². The Morgan fingerprint density at radius 1 is 0.900 bits per heavy atom. The third-order valence-electron chi connectivity index (χ3n) is 4.38. The number of hydrogen-bond donors (Lipinski definition) is 4. The summed E-state index contributed by atoms with van der Waals surface area (Å²) in [6.45, 7) is 11.5. The molecule has 2 fully saturated rings. The van der Waals surface area contributed by atoms with Crippen molar-refractivity contribution in [3.05, 3.63) is 34.9 Å². The summed E-state index contributed by atoms with van der Waals surface area (Å²) in [4.78, 5) is 0. The van der Waals surface area contributed by atoms with E-state index in [0.29, 0.717) is 12.3 Å². The molecule has 0 aromatic heterocycles. The van der Waals surface area contributed by atoms with Crippen molar-refractivity contribution in [2.75, 3.05) is 26.2 Å². The third kappa shape index (κ3) is 2.88. The van der Waals surface area contributed by atoms with Gasteiger partial charge in [-0.25, -0.2) is 0 Å². The molecule has 0 saturated carbocycles. The van der Waals surface area contributed by atoms with E-state index in [-0.39, 0.29) is 5.41 Å². The monoisotopic (exact) mass is 276 g/mol. The van der Waals surface area contributed by atoms with E-state index in [2.05, 4.69) is 60.2 Å². The average Bonchev–Trinajstić information content (AvgIpc) is 3.10. The SMILES string of the molecule is CC(C)(C)c1cc(C2NCC[NH2+]2)cc(C2NCC[NH2+]2)c1. The first-order chi connectivity index (χ1) is 9.54. The average molecular weight is 276 g/mol. The van der Waals surface area contributed by atoms with Crippen LogP contribution in [0.4, 0.5) is 0 Å². The van der Waals surface area contributed by atoms with Crippen LogP contribution < -0.4 is 21.3 Å². The molecule has 2 saturated heterocycles. The lowest BCUT2D eigenvalue weighted by molar-refractivity contribution is -0.679. The van der Waals surface area contributed by atoms with Crippen LogP contribution in [0.2, 0.25) is 0 Å². The van der Waals surface area contributed by atoms with Crippen LogP contribution in [0.5, 0.6) is 0 Å². The van der Waals surface area contributed by atoms with Gasteiger partial charge in [-0.2, -0.15) is 0 Å². The van der Waals surface area contributed by atoms with E-state index < -0.39 is 0 Å². The number of nitrogens with two attached hydrogens (primary N) is 2. The highest BCUT2D eigenvalue weighted by atomic mass is 15.2. The first kappa shape index (κ1) is 14.0. The Bertz CT molecular complexity index is 432. The third-order valence-corrected chi connectivity index (χ3v) is 4.38. The highest BCUT2D eigenvalue weighted by Crippen LogP contribution is 2.27. The summed E-state index contributed by atoms with van der Waals surface area (Å²) >= 11 is 0. The summed E-state index contributed by atoms with van der Waals surface area (Å²) in [5.41, 5.74) is 4.48. The second-order valence-corrected chi connectivity index (χ2v) is 7.05. The van der Waals surface area contributed by atoms with E-state index in [4.69, 9.17) is 0 Å². The van der Waals surface area contributed by atoms with Crippen molar-refractivity contribution in [3.8, 4) is 0 Å². The molecule has 1 aromatic rings. The first-order valence-electron chi connectivity index (χ1n) is 7.83. The smallest absolute Gasteiger partial charge is 0.166 e. The molecule has 2 heterocycles. The number of rotatable bonds is 2. The largest absolute Gasteiger partial charge is 0.326 e. The van der Waals surface area contributed by atoms with Gasteiger partial charge in [-0.1, -0.05) is 20.8 Å². The molecule has 0 amide bonds. The lowest BCUT2D eigenvalue weighted by Gasteiger charge is -2.23. The Balaban J connectivity index is 1.98. The fraction of sp³-hybridized carbons (Fsp3) is 0.625. The molecule has 0 radical (unpaired) electrons. The number of hydrogen-bond acceptors (Lipinski definition) is 2. The van der Waals surface area contributed by atoms with Crippen LogP contribution in [0.3, 0.4) is 0 Å². The molecule has 0 bridgehead atoms. The van der Waals surface area contributed by atoms with Gasteiger partial charge in [0.2, 0.25) is 0 Å². The summed E-state index contributed by atoms with van der Waals surface area (Å²) in [5, 5.41) is 12.0. The van der Waals surface area contributed by atoms with E-state index in [1.807, 2.05) is 0 Å². The highest BCUT2D eigenvalue weighted by Gasteiger charge is 2.27. The molecule has 6 N–H and O–H groups in total. The van der Waals surface area contributed by atoms with Crippen molar-refractivity contribution in [2.24, 2.45) is 0 Å². The summed E-state index contributed by atoms with van der Waals surface area (Å²) < 4.78 is 0. The topological polar surface area (TPSA) is 57.3 Å². The Hall–Kier alpha value is -0.940. The lowest BCUT2D eigenvalue weighted by atomic mass is 9.84. The molecule has 20 heavy (non-hydrogen) atoms. The number of nitrogens with one attached hydrogen (secondary N) is 2. The van der Waals surface area contributed by atoms with Crippen LogP contribution in [-0.4, -0.2) is 26.2 Å². The van der Waals surface area contributed by atoms with Crippen LogP contribution >= 0.6 is 0 Å². The zero-order chi connectivity index (χ0) is 14.2. The molecule has 0 aliphatic carbocycles. The Labute approximate surface area is 121 Å². The van der Waals surface area contributed by atoms with E-state index in [0.717, 1.165) is 13.1 Å². The van der Waals surface area contributed by atoms with Gasteiger partial charge in [-0.3, -0.25) is 10.6 Å². The molecular formula is C16H28N4+2. The van der Waals surface area contributed by atoms with Gasteiger partial charge in [0.05, 0.1) is 26.2 Å². The molecule has 2 aliphatic heterocycles. The standard InChI is InChI=1S/C16H26N4/c1-16(2,3)13-9-11(14-17-4-5-18-14)8-12(10-13)15-19-6-7-20-15/h8-10,14-15,17-20H,4-7H2,1-3H3/p+2. The van der Waals surface area contributed by atoms with Gasteiger partial charge in [0.1, 0.15) is 0 Å². The highest BCUT2D eigenvalue weighted by molar-refractivity contribution is 5.36. The minimum absolute atomic E-state index is 0.196. The predicted molar refractivity (Wildman–Crippen MR) is 80.2 cm³/mol. The van der Waals surface area contributed by atoms with Crippen LogP contribution in [0.25, 0.3) is 0 Å². The summed E-state index contributed by atoms with van der Waals surface area (Å²) in [6, 6.07) is 7.16. The second-order valence-electron chi connectivity index (χ2n) is 7.05. The van der Waals surface area contributed by atoms with Crippen molar-refractivity contribution >= 4 is 0 Å². The van der Waals surface area contributed by atoms with Crippen molar-refractivity contribution in [2.45, 2.75) is 38.5 Å². The molecule has 2 unspecified atom stereocenters. The Morgan fingerprint density at radius 2 is 1.40 bits per heavy atom. The van der Waals surface area contributed by atoms with E-state index in [1.165, 1.54) is 29.8 Å². The molecule has 2 atom stereocenters. The zero-order valence-corrected chi connectivity index (χ0v) is 12.9. The maximum absolute atomic E-state index is 3.58. The van der Waals surface area contributed by atoms with Crippen LogP contribution in [0, 0.1) is 0 Å². The minimum Gasteiger partial charge on any atom is -0.326 e. The summed E-state index contributed by atoms with van der Waals surface area (Å²) in [7, 11) is 0. The molecule has 110 valence electrons. The number of benzene rings is 1. The molecule has 4 nitrogen and oxygen atoms in total. The van der Waals surface area contributed by atoms with Gasteiger partial charge in [0.15, 0.2) is 12.3 Å². The molecule has 4 heteroatoms. The van der Waals surface area contributed by atoms with Crippen LogP contribution in [0.1, 0.15) is 49.8 Å². The maximum atomic E-state index is 3.58. The first-order valence-corrected chi connectivity index (χ1v) is 7.83. The second kappa shape index (κ2) is 5.45. The van der Waals surface area contributed by atoms with Crippen LogP contribution in [0.15, 0.2) is 18.2 Å². The molecule has 3 rings (SSSR count). The maximum Gasteiger partial charge on any atom is 0.166 e. The van der Waals surface area contributed by atoms with Crippen molar-refractivity contribution in [1.29, 1.82) is 0 Å². The van der Waals surface area contributed by atoms with E-state index in [9.17, 15) is 0 Å². The van der Waals surface area contributed by atoms with Gasteiger partial charge in [0.25, 0.3) is 0 Å². The predicted octanol–water partition coefficient (Wildman–Crippen LogP) is -0.685. The number of quaternary nitrogens is 2. The fourth-order valence-electron chi connectivity index (χ4n) is 3.12. The summed E-state index contributed by atoms with van der Waals surface area (Å²) in [6.07, 6.45) is 0.856. The van der Waals surface area contributed by atoms with Gasteiger partial charge in [0, 0.05) is 11.1 Å². The zero-order valence-electron chi connectivity index (χ0n) is 12.9. The molecule has 1 aromatic carbocycles. The van der Waals surface area contributed by atoms with Crippen molar-refractivity contribution in [3.63, 3.8) is 0 Å². The normalized spacial score (nSPS) is 27.1. The van der Waals surface area contributed by atoms with E-state index >= 15 is 0 Å². The molecule has 2 aliphatic rings. The molecule has 0 spiro atoms. The minimum atomic E-state index is 0.196. The van der Waals surface area contributed by atoms with Gasteiger partial charge in [-0.05, 0) is 29.2 Å². The Kier molecular flexibility index (Phi) is 3.82. The van der Waals surface area contributed by atoms with Gasteiger partial charge >= 0.3 is 0 Å². The Morgan fingerprint density at radius 3 is 1.75 bits per heavy atom. The molecular weight excluding hydrogens is 248 g/mol. The fourth-order valence-corrected chi connectivity index (χ4v) is 3.12. The summed E-state index contributed by atoms with van der Waals surface area (Å²) in [5.74, 6) is 0. The lowest BCUT2D eigenvalue weighted by Crippen LogP contribution is -2.83. The van der Waals surface area contributed by atoms with Gasteiger partial charge < -0.3 is 10.6 Å². The quantitative estimate of drug-likeness (QED) is 0.578. The van der Waals surface area contributed by atoms with Crippen molar-refractivity contribution in [1.82, 2.24) is 10.6 Å².